The third-order valence-electron chi connectivity index (χ3n) is 4.16. The normalized spacial score (nSPS) is 13.1. The lowest BCUT2D eigenvalue weighted by atomic mass is 10.1. The number of nitrogens with zero attached hydrogens (tertiary/aromatic N) is 2. The summed E-state index contributed by atoms with van der Waals surface area (Å²) in [5.41, 5.74) is 3.64. The summed E-state index contributed by atoms with van der Waals surface area (Å²) in [5.74, 6) is 0. The second-order valence-corrected chi connectivity index (χ2v) is 5.37. The summed E-state index contributed by atoms with van der Waals surface area (Å²) >= 11 is 0. The third kappa shape index (κ3) is 1.73. The number of nitriles is 1. The zero-order chi connectivity index (χ0) is 15.1. The van der Waals surface area contributed by atoms with E-state index < -0.39 is 0 Å². The maximum atomic E-state index is 12.2. The van der Waals surface area contributed by atoms with Gasteiger partial charge >= 0.3 is 0 Å². The molecule has 0 bridgehead atoms. The van der Waals surface area contributed by atoms with Gasteiger partial charge in [0.1, 0.15) is 11.6 Å². The second-order valence-electron chi connectivity index (χ2n) is 5.37. The zero-order valence-corrected chi connectivity index (χ0v) is 11.8. The molecule has 3 aromatic rings. The maximum absolute atomic E-state index is 12.2. The average molecular weight is 287 g/mol. The minimum atomic E-state index is -0.333. The quantitative estimate of drug-likeness (QED) is 0.748. The van der Waals surface area contributed by atoms with Crippen LogP contribution in [0, 0.1) is 11.3 Å². The van der Waals surface area contributed by atoms with Crippen molar-refractivity contribution in [3.63, 3.8) is 0 Å². The fraction of sp³-hybridized carbons (Fsp3) is 0.111. The number of pyridine rings is 1. The highest BCUT2D eigenvalue weighted by Gasteiger charge is 2.25. The first-order valence-electron chi connectivity index (χ1n) is 7.20. The largest absolute Gasteiger partial charge is 0.339 e. The molecule has 1 N–H and O–H groups in total. The summed E-state index contributed by atoms with van der Waals surface area (Å²) < 4.78 is 0. The predicted molar refractivity (Wildman–Crippen MR) is 86.4 cm³/mol. The van der Waals surface area contributed by atoms with Gasteiger partial charge in [-0.15, -0.1) is 0 Å². The molecule has 1 aliphatic rings. The van der Waals surface area contributed by atoms with Crippen LogP contribution in [0.25, 0.3) is 10.9 Å². The van der Waals surface area contributed by atoms with E-state index in [0.717, 1.165) is 29.6 Å². The van der Waals surface area contributed by atoms with Crippen LogP contribution in [0.4, 0.5) is 11.4 Å². The first kappa shape index (κ1) is 12.7. The fourth-order valence-corrected chi connectivity index (χ4v) is 3.18. The zero-order valence-electron chi connectivity index (χ0n) is 11.8. The van der Waals surface area contributed by atoms with Crippen molar-refractivity contribution >= 4 is 22.3 Å². The van der Waals surface area contributed by atoms with Crippen LogP contribution in [-0.2, 0) is 6.42 Å². The summed E-state index contributed by atoms with van der Waals surface area (Å²) in [6, 6.07) is 17.8. The Labute approximate surface area is 127 Å². The van der Waals surface area contributed by atoms with Gasteiger partial charge in [0.25, 0.3) is 5.56 Å². The number of aromatic nitrogens is 1. The molecule has 0 saturated carbocycles. The molecule has 0 atom stereocenters. The number of nitrogens with one attached hydrogen (secondary N) is 1. The first-order valence-corrected chi connectivity index (χ1v) is 7.20. The highest BCUT2D eigenvalue weighted by atomic mass is 16.1. The number of benzene rings is 2. The van der Waals surface area contributed by atoms with Gasteiger partial charge in [-0.3, -0.25) is 4.79 Å². The molecule has 4 rings (SSSR count). The van der Waals surface area contributed by atoms with Crippen molar-refractivity contribution in [3.8, 4) is 6.07 Å². The van der Waals surface area contributed by atoms with E-state index in [4.69, 9.17) is 0 Å². The molecule has 0 saturated heterocycles. The van der Waals surface area contributed by atoms with Crippen molar-refractivity contribution in [1.29, 1.82) is 5.26 Å². The standard InChI is InChI=1S/C18H13N3O/c19-11-14-17(13-6-2-3-7-15(13)20-18(14)22)21-10-9-12-5-1-4-8-16(12)21/h1-8H,9-10H2,(H,20,22). The van der Waals surface area contributed by atoms with Gasteiger partial charge in [0.15, 0.2) is 0 Å². The van der Waals surface area contributed by atoms with E-state index in [1.165, 1.54) is 5.56 Å². The Hall–Kier alpha value is -3.06. The summed E-state index contributed by atoms with van der Waals surface area (Å²) in [7, 11) is 0. The van der Waals surface area contributed by atoms with E-state index in [9.17, 15) is 10.1 Å². The highest BCUT2D eigenvalue weighted by molar-refractivity contribution is 5.97. The van der Waals surface area contributed by atoms with Gasteiger partial charge in [-0.1, -0.05) is 36.4 Å². The SMILES string of the molecule is N#Cc1c(N2CCc3ccccc32)c2ccccc2[nH]c1=O. The molecular formula is C18H13N3O. The first-order chi connectivity index (χ1) is 10.8. The van der Waals surface area contributed by atoms with Gasteiger partial charge < -0.3 is 9.88 Å². The van der Waals surface area contributed by atoms with Gasteiger partial charge in [-0.25, -0.2) is 0 Å². The number of H-pyrrole nitrogens is 1. The molecule has 0 spiro atoms. The van der Waals surface area contributed by atoms with Gasteiger partial charge in [0.2, 0.25) is 0 Å². The molecule has 0 fully saturated rings. The minimum absolute atomic E-state index is 0.176. The summed E-state index contributed by atoms with van der Waals surface area (Å²) in [6.45, 7) is 0.779. The van der Waals surface area contributed by atoms with E-state index >= 15 is 0 Å². The smallest absolute Gasteiger partial charge is 0.268 e. The molecule has 0 radical (unpaired) electrons. The molecule has 1 aliphatic heterocycles. The molecule has 0 amide bonds. The lowest BCUT2D eigenvalue weighted by molar-refractivity contribution is 0.996. The van der Waals surface area contributed by atoms with E-state index in [-0.39, 0.29) is 11.1 Å². The van der Waals surface area contributed by atoms with Crippen molar-refractivity contribution in [2.75, 3.05) is 11.4 Å². The number of fused-ring (bicyclic) bond motifs is 2. The van der Waals surface area contributed by atoms with Crippen molar-refractivity contribution in [3.05, 3.63) is 70.0 Å². The molecule has 4 heteroatoms. The molecule has 0 unspecified atom stereocenters. The molecule has 2 heterocycles. The Morgan fingerprint density at radius 1 is 1.09 bits per heavy atom. The fourth-order valence-electron chi connectivity index (χ4n) is 3.18. The number of anilines is 2. The molecule has 22 heavy (non-hydrogen) atoms. The van der Waals surface area contributed by atoms with E-state index in [1.54, 1.807) is 0 Å². The highest BCUT2D eigenvalue weighted by Crippen LogP contribution is 2.38. The lowest BCUT2D eigenvalue weighted by Gasteiger charge is -2.22. The summed E-state index contributed by atoms with van der Waals surface area (Å²) in [6.07, 6.45) is 0.919. The van der Waals surface area contributed by atoms with Gasteiger partial charge in [0, 0.05) is 17.6 Å². The molecule has 0 aliphatic carbocycles. The Bertz CT molecular complexity index is 982. The lowest BCUT2D eigenvalue weighted by Crippen LogP contribution is -2.21. The average Bonchev–Trinajstić information content (AvgIpc) is 2.97. The molecular weight excluding hydrogens is 274 g/mol. The van der Waals surface area contributed by atoms with Crippen LogP contribution in [0.5, 0.6) is 0 Å². The summed E-state index contributed by atoms with van der Waals surface area (Å²) in [5, 5.41) is 10.4. The van der Waals surface area contributed by atoms with Crippen LogP contribution in [-0.4, -0.2) is 11.5 Å². The number of aromatic amines is 1. The Morgan fingerprint density at radius 3 is 2.73 bits per heavy atom. The number of para-hydroxylation sites is 2. The molecule has 1 aromatic heterocycles. The maximum Gasteiger partial charge on any atom is 0.268 e. The second kappa shape index (κ2) is 4.74. The van der Waals surface area contributed by atoms with Crippen molar-refractivity contribution in [1.82, 2.24) is 4.98 Å². The van der Waals surface area contributed by atoms with E-state index in [2.05, 4.69) is 22.0 Å². The van der Waals surface area contributed by atoms with Crippen LogP contribution in [0.15, 0.2) is 53.3 Å². The van der Waals surface area contributed by atoms with Crippen molar-refractivity contribution in [2.24, 2.45) is 0 Å². The van der Waals surface area contributed by atoms with Crippen LogP contribution in [0.1, 0.15) is 11.1 Å². The molecule has 106 valence electrons. The van der Waals surface area contributed by atoms with Crippen molar-refractivity contribution < 1.29 is 0 Å². The monoisotopic (exact) mass is 287 g/mol. The van der Waals surface area contributed by atoms with Crippen molar-refractivity contribution in [2.45, 2.75) is 6.42 Å². The Balaban J connectivity index is 2.07. The van der Waals surface area contributed by atoms with Gasteiger partial charge in [-0.2, -0.15) is 5.26 Å². The van der Waals surface area contributed by atoms with Crippen LogP contribution in [0.3, 0.4) is 0 Å². The van der Waals surface area contributed by atoms with Gasteiger partial charge in [0.05, 0.1) is 11.2 Å². The molecule has 4 nitrogen and oxygen atoms in total. The number of hydrogen-bond acceptors (Lipinski definition) is 3. The Kier molecular flexibility index (Phi) is 2.73. The van der Waals surface area contributed by atoms with E-state index in [1.807, 2.05) is 42.5 Å². The van der Waals surface area contributed by atoms with Crippen LogP contribution < -0.4 is 10.5 Å². The minimum Gasteiger partial charge on any atom is -0.339 e. The predicted octanol–water partition coefficient (Wildman–Crippen LogP) is 3.09. The van der Waals surface area contributed by atoms with Crippen LogP contribution in [0.2, 0.25) is 0 Å². The third-order valence-corrected chi connectivity index (χ3v) is 4.16. The summed E-state index contributed by atoms with van der Waals surface area (Å²) in [4.78, 5) is 17.1. The molecule has 2 aromatic carbocycles. The number of hydrogen-bond donors (Lipinski definition) is 1. The number of rotatable bonds is 1. The van der Waals surface area contributed by atoms with Gasteiger partial charge in [-0.05, 0) is 24.1 Å². The Morgan fingerprint density at radius 2 is 1.86 bits per heavy atom. The van der Waals surface area contributed by atoms with Crippen LogP contribution >= 0.6 is 0 Å². The van der Waals surface area contributed by atoms with E-state index in [0.29, 0.717) is 5.69 Å². The topological polar surface area (TPSA) is 59.9 Å².